The van der Waals surface area contributed by atoms with Crippen LogP contribution in [0.3, 0.4) is 0 Å². The van der Waals surface area contributed by atoms with E-state index in [0.29, 0.717) is 0 Å². The number of rotatable bonds is 5. The zero-order valence-electron chi connectivity index (χ0n) is 43.6. The first kappa shape index (κ1) is 44.5. The van der Waals surface area contributed by atoms with E-state index >= 15 is 0 Å². The van der Waals surface area contributed by atoms with Gasteiger partial charge in [-0.15, -0.1) is 0 Å². The highest BCUT2D eigenvalue weighted by Crippen LogP contribution is 2.64. The highest BCUT2D eigenvalue weighted by molar-refractivity contribution is 6.14. The normalized spacial score (nSPS) is 14.4. The van der Waals surface area contributed by atoms with Crippen molar-refractivity contribution in [2.45, 2.75) is 77.0 Å². The standard InChI is InChI=1S/C72H59NO/c1-69(2,3)44-35-38-48-49-39-36-45(70(4,5)6)42-62(49)72(61(48)41-44)58-29-15-9-21-47(58)56-43-46(37-40-59(56)72)73(64-32-17-12-23-51(64)53-27-20-34-66-68(53)55-25-13-18-33-65(55)74-66)63-31-16-11-22-50(63)52-26-19-30-60-67(52)54-24-10-14-28-57(54)71(60,7)8/h9-43H,1-8H3. The minimum Gasteiger partial charge on any atom is -0.456 e. The zero-order valence-corrected chi connectivity index (χ0v) is 43.6. The molecule has 0 fully saturated rings. The van der Waals surface area contributed by atoms with Crippen LogP contribution in [-0.2, 0) is 21.7 Å². The fraction of sp³-hybridized carbons (Fsp3) is 0.167. The van der Waals surface area contributed by atoms with Crippen LogP contribution in [0.5, 0.6) is 0 Å². The van der Waals surface area contributed by atoms with Gasteiger partial charge in [0.25, 0.3) is 0 Å². The lowest BCUT2D eigenvalue weighted by atomic mass is 9.69. The Balaban J connectivity index is 1.06. The molecule has 2 nitrogen and oxygen atoms in total. The van der Waals surface area contributed by atoms with Crippen LogP contribution >= 0.6 is 0 Å². The van der Waals surface area contributed by atoms with Crippen molar-refractivity contribution in [3.05, 3.63) is 257 Å². The fourth-order valence-corrected chi connectivity index (χ4v) is 13.4. The van der Waals surface area contributed by atoms with Crippen LogP contribution in [0.1, 0.15) is 99.9 Å². The van der Waals surface area contributed by atoms with E-state index in [4.69, 9.17) is 4.42 Å². The molecule has 14 rings (SSSR count). The number of hydrogen-bond donors (Lipinski definition) is 0. The lowest BCUT2D eigenvalue weighted by Gasteiger charge is -2.33. The molecule has 0 N–H and O–H groups in total. The summed E-state index contributed by atoms with van der Waals surface area (Å²) in [7, 11) is 0. The maximum Gasteiger partial charge on any atom is 0.136 e. The van der Waals surface area contributed by atoms with Gasteiger partial charge in [0.15, 0.2) is 0 Å². The molecule has 11 aromatic rings. The second-order valence-electron chi connectivity index (χ2n) is 23.6. The molecule has 74 heavy (non-hydrogen) atoms. The van der Waals surface area contributed by atoms with E-state index in [9.17, 15) is 0 Å². The van der Waals surface area contributed by atoms with Crippen molar-refractivity contribution in [3.63, 3.8) is 0 Å². The Morgan fingerprint density at radius 3 is 1.51 bits per heavy atom. The number of anilines is 3. The van der Waals surface area contributed by atoms with Crippen LogP contribution in [0.25, 0.3) is 77.6 Å². The van der Waals surface area contributed by atoms with E-state index in [-0.39, 0.29) is 16.2 Å². The average molecular weight is 954 g/mol. The van der Waals surface area contributed by atoms with Gasteiger partial charge in [-0.25, -0.2) is 0 Å². The van der Waals surface area contributed by atoms with Crippen LogP contribution in [0.15, 0.2) is 217 Å². The number of nitrogens with zero attached hydrogens (tertiary/aromatic N) is 1. The summed E-state index contributed by atoms with van der Waals surface area (Å²) in [6, 6.07) is 80.3. The molecular weight excluding hydrogens is 895 g/mol. The Kier molecular flexibility index (Phi) is 9.41. The quantitative estimate of drug-likeness (QED) is 0.171. The van der Waals surface area contributed by atoms with E-state index in [1.807, 2.05) is 0 Å². The predicted octanol–water partition coefficient (Wildman–Crippen LogP) is 19.6. The molecule has 0 radical (unpaired) electrons. The van der Waals surface area contributed by atoms with Gasteiger partial charge >= 0.3 is 0 Å². The van der Waals surface area contributed by atoms with E-state index in [1.54, 1.807) is 0 Å². The number of benzene rings is 10. The summed E-state index contributed by atoms with van der Waals surface area (Å²) in [6.45, 7) is 18.8. The molecule has 10 aromatic carbocycles. The summed E-state index contributed by atoms with van der Waals surface area (Å²) in [5.41, 5.74) is 27.7. The number of fused-ring (bicyclic) bond motifs is 16. The van der Waals surface area contributed by atoms with Gasteiger partial charge < -0.3 is 9.32 Å². The van der Waals surface area contributed by atoms with E-state index in [0.717, 1.165) is 50.1 Å². The third-order valence-electron chi connectivity index (χ3n) is 17.0. The third kappa shape index (κ3) is 6.18. The second-order valence-corrected chi connectivity index (χ2v) is 23.6. The van der Waals surface area contributed by atoms with Gasteiger partial charge in [-0.3, -0.25) is 0 Å². The zero-order chi connectivity index (χ0) is 50.5. The first-order chi connectivity index (χ1) is 35.7. The Bertz CT molecular complexity index is 4080. The van der Waals surface area contributed by atoms with Crippen molar-refractivity contribution < 1.29 is 4.42 Å². The van der Waals surface area contributed by atoms with Gasteiger partial charge in [-0.05, 0) is 136 Å². The van der Waals surface area contributed by atoms with Gasteiger partial charge in [0.2, 0.25) is 0 Å². The van der Waals surface area contributed by atoms with Crippen molar-refractivity contribution in [1.29, 1.82) is 0 Å². The monoisotopic (exact) mass is 953 g/mol. The van der Waals surface area contributed by atoms with Crippen molar-refractivity contribution in [3.8, 4) is 55.6 Å². The van der Waals surface area contributed by atoms with E-state index in [2.05, 4.69) is 273 Å². The second kappa shape index (κ2) is 15.7. The molecule has 3 aliphatic rings. The molecule has 0 unspecified atom stereocenters. The highest BCUT2D eigenvalue weighted by Gasteiger charge is 2.52. The summed E-state index contributed by atoms with van der Waals surface area (Å²) in [5.74, 6) is 0. The highest BCUT2D eigenvalue weighted by atomic mass is 16.3. The van der Waals surface area contributed by atoms with Crippen LogP contribution in [0.4, 0.5) is 17.1 Å². The Morgan fingerprint density at radius 1 is 0.351 bits per heavy atom. The van der Waals surface area contributed by atoms with Gasteiger partial charge in [-0.1, -0.05) is 231 Å². The van der Waals surface area contributed by atoms with Crippen molar-refractivity contribution >= 4 is 39.0 Å². The van der Waals surface area contributed by atoms with Gasteiger partial charge in [0.1, 0.15) is 11.2 Å². The molecule has 358 valence electrons. The summed E-state index contributed by atoms with van der Waals surface area (Å²) >= 11 is 0. The molecule has 1 heterocycles. The molecule has 3 aliphatic carbocycles. The maximum atomic E-state index is 6.57. The molecule has 0 bridgehead atoms. The first-order valence-electron chi connectivity index (χ1n) is 26.4. The van der Waals surface area contributed by atoms with E-state index < -0.39 is 5.41 Å². The topological polar surface area (TPSA) is 16.4 Å². The molecule has 0 saturated carbocycles. The van der Waals surface area contributed by atoms with Crippen molar-refractivity contribution in [1.82, 2.24) is 0 Å². The van der Waals surface area contributed by atoms with E-state index in [1.165, 1.54) is 89.0 Å². The Labute approximate surface area is 435 Å². The van der Waals surface area contributed by atoms with Crippen LogP contribution in [0.2, 0.25) is 0 Å². The largest absolute Gasteiger partial charge is 0.456 e. The van der Waals surface area contributed by atoms with Crippen molar-refractivity contribution in [2.75, 3.05) is 4.90 Å². The van der Waals surface area contributed by atoms with Crippen LogP contribution in [-0.4, -0.2) is 0 Å². The SMILES string of the molecule is CC(C)(C)c1ccc2c(c1)C1(c3ccccc3-c3cc(N(c4ccccc4-c4cccc5c4-c4ccccc4C5(C)C)c4ccccc4-c4cccc5oc6ccccc6c45)ccc31)c1cc(C(C)(C)C)ccc1-2. The minimum absolute atomic E-state index is 0.0303. The molecule has 1 spiro atoms. The Morgan fingerprint density at radius 2 is 0.838 bits per heavy atom. The predicted molar refractivity (Wildman–Crippen MR) is 311 cm³/mol. The van der Waals surface area contributed by atoms with Gasteiger partial charge in [0, 0.05) is 33.0 Å². The molecule has 0 atom stereocenters. The number of para-hydroxylation sites is 3. The first-order valence-corrected chi connectivity index (χ1v) is 26.4. The minimum atomic E-state index is -0.513. The molecule has 0 saturated heterocycles. The number of hydrogen-bond acceptors (Lipinski definition) is 2. The molecule has 2 heteroatoms. The van der Waals surface area contributed by atoms with Gasteiger partial charge in [-0.2, -0.15) is 0 Å². The average Bonchev–Trinajstić information content (AvgIpc) is 4.16. The molecule has 0 amide bonds. The summed E-state index contributed by atoms with van der Waals surface area (Å²) in [5, 5.41) is 2.23. The van der Waals surface area contributed by atoms with Gasteiger partial charge in [0.05, 0.1) is 16.8 Å². The lowest BCUT2D eigenvalue weighted by Crippen LogP contribution is -2.27. The fourth-order valence-electron chi connectivity index (χ4n) is 13.4. The maximum absolute atomic E-state index is 6.57. The van der Waals surface area contributed by atoms with Crippen LogP contribution in [0, 0.1) is 0 Å². The summed E-state index contributed by atoms with van der Waals surface area (Å²) in [6.07, 6.45) is 0. The lowest BCUT2D eigenvalue weighted by molar-refractivity contribution is 0.586. The summed E-state index contributed by atoms with van der Waals surface area (Å²) < 4.78 is 6.57. The molecule has 1 aromatic heterocycles. The smallest absolute Gasteiger partial charge is 0.136 e. The molecule has 0 aliphatic heterocycles. The van der Waals surface area contributed by atoms with Crippen LogP contribution < -0.4 is 4.90 Å². The number of furan rings is 1. The van der Waals surface area contributed by atoms with Crippen molar-refractivity contribution in [2.24, 2.45) is 0 Å². The Hall–Kier alpha value is -8.20. The molecular formula is C72H59NO. The summed E-state index contributed by atoms with van der Waals surface area (Å²) in [4.78, 5) is 2.55. The third-order valence-corrected chi connectivity index (χ3v) is 17.0.